The van der Waals surface area contributed by atoms with Gasteiger partial charge in [-0.2, -0.15) is 4.31 Å². The fourth-order valence-electron chi connectivity index (χ4n) is 3.67. The maximum atomic E-state index is 12.9. The van der Waals surface area contributed by atoms with E-state index in [-0.39, 0.29) is 16.7 Å². The summed E-state index contributed by atoms with van der Waals surface area (Å²) in [5.74, 6) is 0.487. The lowest BCUT2D eigenvalue weighted by Gasteiger charge is -2.30. The normalized spacial score (nSPS) is 15.8. The Hall–Kier alpha value is -2.38. The zero-order chi connectivity index (χ0) is 21.0. The fraction of sp³-hybridized carbons (Fsp3) is 0.409. The second kappa shape index (κ2) is 8.97. The van der Waals surface area contributed by atoms with E-state index < -0.39 is 10.0 Å². The third-order valence-electron chi connectivity index (χ3n) is 5.38. The smallest absolute Gasteiger partial charge is 0.243 e. The predicted molar refractivity (Wildman–Crippen MR) is 112 cm³/mol. The van der Waals surface area contributed by atoms with Gasteiger partial charge in [0.05, 0.1) is 12.0 Å². The molecule has 1 heterocycles. The Balaban J connectivity index is 1.57. The number of nitrogens with one attached hydrogen (secondary N) is 1. The second-order valence-electron chi connectivity index (χ2n) is 7.52. The molecule has 0 atom stereocenters. The Bertz CT molecular complexity index is 980. The van der Waals surface area contributed by atoms with E-state index in [9.17, 15) is 13.2 Å². The van der Waals surface area contributed by atoms with Crippen molar-refractivity contribution in [3.63, 3.8) is 0 Å². The van der Waals surface area contributed by atoms with Crippen LogP contribution in [0, 0.1) is 19.8 Å². The number of hydrogen-bond donors (Lipinski definition) is 1. The first-order chi connectivity index (χ1) is 13.8. The van der Waals surface area contributed by atoms with Crippen molar-refractivity contribution in [2.24, 2.45) is 5.92 Å². The molecule has 6 nitrogen and oxygen atoms in total. The van der Waals surface area contributed by atoms with Gasteiger partial charge in [0.15, 0.2) is 0 Å². The minimum absolute atomic E-state index is 0.0103. The van der Waals surface area contributed by atoms with Crippen LogP contribution >= 0.6 is 0 Å². The van der Waals surface area contributed by atoms with Gasteiger partial charge in [-0.1, -0.05) is 29.8 Å². The van der Waals surface area contributed by atoms with Crippen LogP contribution in [0.5, 0.6) is 5.75 Å². The molecule has 156 valence electrons. The molecule has 0 aliphatic carbocycles. The topological polar surface area (TPSA) is 75.7 Å². The number of carbonyl (C=O) groups is 1. The summed E-state index contributed by atoms with van der Waals surface area (Å²) in [5.41, 5.74) is 3.00. The summed E-state index contributed by atoms with van der Waals surface area (Å²) < 4.78 is 32.6. The van der Waals surface area contributed by atoms with E-state index in [1.165, 1.54) is 4.31 Å². The van der Waals surface area contributed by atoms with Gasteiger partial charge < -0.3 is 10.1 Å². The van der Waals surface area contributed by atoms with Crippen molar-refractivity contribution in [1.29, 1.82) is 0 Å². The summed E-state index contributed by atoms with van der Waals surface area (Å²) in [6, 6.07) is 12.9. The lowest BCUT2D eigenvalue weighted by molar-refractivity contribution is -0.126. The van der Waals surface area contributed by atoms with Crippen LogP contribution in [0.2, 0.25) is 0 Å². The molecule has 0 unspecified atom stereocenters. The van der Waals surface area contributed by atoms with E-state index >= 15 is 0 Å². The highest BCUT2D eigenvalue weighted by Crippen LogP contribution is 2.27. The fourth-order valence-corrected chi connectivity index (χ4v) is 5.23. The molecule has 0 saturated carbocycles. The largest absolute Gasteiger partial charge is 0.496 e. The number of nitrogens with zero attached hydrogens (tertiary/aromatic N) is 1. The van der Waals surface area contributed by atoms with Crippen molar-refractivity contribution in [2.45, 2.75) is 38.1 Å². The monoisotopic (exact) mass is 416 g/mol. The molecule has 29 heavy (non-hydrogen) atoms. The van der Waals surface area contributed by atoms with Gasteiger partial charge in [-0.25, -0.2) is 8.42 Å². The molecule has 3 rings (SSSR count). The van der Waals surface area contributed by atoms with Gasteiger partial charge in [0.1, 0.15) is 5.75 Å². The third kappa shape index (κ3) is 4.97. The van der Waals surface area contributed by atoms with E-state index in [0.717, 1.165) is 16.7 Å². The van der Waals surface area contributed by atoms with Crippen LogP contribution in [-0.2, 0) is 21.4 Å². The van der Waals surface area contributed by atoms with Gasteiger partial charge in [0.2, 0.25) is 15.9 Å². The van der Waals surface area contributed by atoms with Gasteiger partial charge in [0.25, 0.3) is 0 Å². The highest BCUT2D eigenvalue weighted by molar-refractivity contribution is 7.89. The van der Waals surface area contributed by atoms with Gasteiger partial charge in [-0.15, -0.1) is 0 Å². The molecule has 0 spiro atoms. The third-order valence-corrected chi connectivity index (χ3v) is 7.27. The van der Waals surface area contributed by atoms with Crippen molar-refractivity contribution in [1.82, 2.24) is 9.62 Å². The quantitative estimate of drug-likeness (QED) is 0.785. The zero-order valence-electron chi connectivity index (χ0n) is 17.1. The summed E-state index contributed by atoms with van der Waals surface area (Å²) in [7, 11) is -2.01. The molecular formula is C22H28N2O4S. The Morgan fingerprint density at radius 3 is 2.48 bits per heavy atom. The molecule has 1 saturated heterocycles. The average molecular weight is 417 g/mol. The van der Waals surface area contributed by atoms with Gasteiger partial charge in [-0.3, -0.25) is 4.79 Å². The molecule has 1 N–H and O–H groups in total. The van der Waals surface area contributed by atoms with E-state index in [4.69, 9.17) is 4.74 Å². The standard InChI is InChI=1S/C22H28N2O4S/c1-16-5-4-6-18(13-16)15-23-22(25)19-9-11-24(12-10-19)29(26,27)20-7-8-21(28-3)17(2)14-20/h4-8,13-14,19H,9-12,15H2,1-3H3,(H,23,25). The number of piperidine rings is 1. The number of amides is 1. The Morgan fingerprint density at radius 2 is 1.86 bits per heavy atom. The molecule has 7 heteroatoms. The molecule has 1 amide bonds. The minimum Gasteiger partial charge on any atom is -0.496 e. The summed E-state index contributed by atoms with van der Waals surface area (Å²) in [6.07, 6.45) is 1.04. The summed E-state index contributed by atoms with van der Waals surface area (Å²) >= 11 is 0. The van der Waals surface area contributed by atoms with Crippen molar-refractivity contribution < 1.29 is 17.9 Å². The number of methoxy groups -OCH3 is 1. The predicted octanol–water partition coefficient (Wildman–Crippen LogP) is 3.03. The summed E-state index contributed by atoms with van der Waals surface area (Å²) in [4.78, 5) is 12.8. The second-order valence-corrected chi connectivity index (χ2v) is 9.45. The van der Waals surface area contributed by atoms with Crippen LogP contribution in [0.3, 0.4) is 0 Å². The van der Waals surface area contributed by atoms with E-state index in [0.29, 0.717) is 38.2 Å². The van der Waals surface area contributed by atoms with Crippen molar-refractivity contribution in [2.75, 3.05) is 20.2 Å². The summed E-state index contributed by atoms with van der Waals surface area (Å²) in [6.45, 7) is 5.02. The molecule has 0 radical (unpaired) electrons. The Labute approximate surface area is 172 Å². The number of aryl methyl sites for hydroxylation is 2. The molecule has 0 bridgehead atoms. The van der Waals surface area contributed by atoms with Crippen LogP contribution < -0.4 is 10.1 Å². The lowest BCUT2D eigenvalue weighted by Crippen LogP contribution is -2.42. The average Bonchev–Trinajstić information content (AvgIpc) is 2.72. The first kappa shape index (κ1) is 21.3. The number of ether oxygens (including phenoxy) is 1. The number of benzene rings is 2. The van der Waals surface area contributed by atoms with E-state index in [1.54, 1.807) is 25.3 Å². The number of rotatable bonds is 6. The maximum absolute atomic E-state index is 12.9. The van der Waals surface area contributed by atoms with Crippen LogP contribution in [0.15, 0.2) is 47.4 Å². The first-order valence-corrected chi connectivity index (χ1v) is 11.2. The molecule has 0 aromatic heterocycles. The number of carbonyl (C=O) groups excluding carboxylic acids is 1. The van der Waals surface area contributed by atoms with Crippen LogP contribution in [0.25, 0.3) is 0 Å². The molecule has 2 aromatic carbocycles. The Kier molecular flexibility index (Phi) is 6.59. The van der Waals surface area contributed by atoms with Crippen LogP contribution in [0.4, 0.5) is 0 Å². The molecule has 1 aliphatic heterocycles. The van der Waals surface area contributed by atoms with Crippen LogP contribution in [0.1, 0.15) is 29.5 Å². The Morgan fingerprint density at radius 1 is 1.14 bits per heavy atom. The van der Waals surface area contributed by atoms with Crippen molar-refractivity contribution in [3.05, 3.63) is 59.2 Å². The molecular weight excluding hydrogens is 388 g/mol. The summed E-state index contributed by atoms with van der Waals surface area (Å²) in [5, 5.41) is 2.98. The van der Waals surface area contributed by atoms with E-state index in [1.807, 2.05) is 38.1 Å². The van der Waals surface area contributed by atoms with Crippen LogP contribution in [-0.4, -0.2) is 38.8 Å². The van der Waals surface area contributed by atoms with Gasteiger partial charge >= 0.3 is 0 Å². The first-order valence-electron chi connectivity index (χ1n) is 9.79. The lowest BCUT2D eigenvalue weighted by atomic mass is 9.97. The molecule has 1 aliphatic rings. The maximum Gasteiger partial charge on any atom is 0.243 e. The molecule has 1 fully saturated rings. The van der Waals surface area contributed by atoms with Crippen molar-refractivity contribution >= 4 is 15.9 Å². The highest BCUT2D eigenvalue weighted by atomic mass is 32.2. The number of sulfonamides is 1. The highest BCUT2D eigenvalue weighted by Gasteiger charge is 2.32. The SMILES string of the molecule is COc1ccc(S(=O)(=O)N2CCC(C(=O)NCc3cccc(C)c3)CC2)cc1C. The van der Waals surface area contributed by atoms with Crippen molar-refractivity contribution in [3.8, 4) is 5.75 Å². The molecule has 2 aromatic rings. The number of hydrogen-bond acceptors (Lipinski definition) is 4. The van der Waals surface area contributed by atoms with Gasteiger partial charge in [-0.05, 0) is 56.0 Å². The zero-order valence-corrected chi connectivity index (χ0v) is 18.0. The minimum atomic E-state index is -3.57. The van der Waals surface area contributed by atoms with Gasteiger partial charge in [0, 0.05) is 25.6 Å². The van der Waals surface area contributed by atoms with E-state index in [2.05, 4.69) is 5.32 Å².